The summed E-state index contributed by atoms with van der Waals surface area (Å²) in [6.07, 6.45) is 7.52. The molecule has 0 bridgehead atoms. The van der Waals surface area contributed by atoms with Crippen molar-refractivity contribution in [2.75, 3.05) is 25.0 Å². The number of anilines is 1. The fourth-order valence-corrected chi connectivity index (χ4v) is 6.81. The molecule has 0 spiro atoms. The average molecular weight is 559 g/mol. The summed E-state index contributed by atoms with van der Waals surface area (Å²) in [4.78, 5) is 30.3. The van der Waals surface area contributed by atoms with Gasteiger partial charge in [0.25, 0.3) is 11.8 Å². The van der Waals surface area contributed by atoms with E-state index in [1.54, 1.807) is 6.21 Å². The van der Waals surface area contributed by atoms with Crippen molar-refractivity contribution in [3.05, 3.63) is 86.3 Å². The third-order valence-corrected chi connectivity index (χ3v) is 9.30. The van der Waals surface area contributed by atoms with Crippen molar-refractivity contribution < 1.29 is 14.7 Å². The van der Waals surface area contributed by atoms with Gasteiger partial charge in [-0.05, 0) is 111 Å². The number of aliphatic hydroxyl groups is 1. The summed E-state index contributed by atoms with van der Waals surface area (Å²) < 4.78 is 0. The summed E-state index contributed by atoms with van der Waals surface area (Å²) >= 11 is 1.51. The SMILES string of the molecule is Cc1ccc(C=NNC(=O)c2c(NC(=O)c3cccc(CN4CCC(CO)CC4)c3)sc3c2CCCC3)cc1C. The zero-order valence-electron chi connectivity index (χ0n) is 23.3. The lowest BCUT2D eigenvalue weighted by atomic mass is 9.95. The van der Waals surface area contributed by atoms with Crippen LogP contribution in [-0.4, -0.2) is 47.7 Å². The molecule has 40 heavy (non-hydrogen) atoms. The van der Waals surface area contributed by atoms with Gasteiger partial charge in [-0.15, -0.1) is 11.3 Å². The van der Waals surface area contributed by atoms with Crippen LogP contribution in [0.3, 0.4) is 0 Å². The Balaban J connectivity index is 1.29. The molecule has 1 saturated heterocycles. The summed E-state index contributed by atoms with van der Waals surface area (Å²) in [7, 11) is 0. The van der Waals surface area contributed by atoms with E-state index in [1.807, 2.05) is 42.5 Å². The van der Waals surface area contributed by atoms with Crippen molar-refractivity contribution in [2.45, 2.75) is 58.9 Å². The number of carbonyl (C=O) groups excluding carboxylic acids is 2. The van der Waals surface area contributed by atoms with Gasteiger partial charge >= 0.3 is 0 Å². The van der Waals surface area contributed by atoms with Crippen LogP contribution in [0.4, 0.5) is 5.00 Å². The Hall–Kier alpha value is -3.33. The van der Waals surface area contributed by atoms with E-state index in [2.05, 4.69) is 34.6 Å². The zero-order valence-corrected chi connectivity index (χ0v) is 24.2. The number of thiophene rings is 1. The van der Waals surface area contributed by atoms with Gasteiger partial charge in [-0.25, -0.2) is 5.43 Å². The van der Waals surface area contributed by atoms with Gasteiger partial charge in [0.05, 0.1) is 11.8 Å². The summed E-state index contributed by atoms with van der Waals surface area (Å²) in [5.41, 5.74) is 9.22. The van der Waals surface area contributed by atoms with Crippen molar-refractivity contribution in [1.29, 1.82) is 0 Å². The number of hydrazone groups is 1. The molecule has 2 amide bonds. The van der Waals surface area contributed by atoms with Gasteiger partial charge < -0.3 is 10.4 Å². The number of hydrogen-bond donors (Lipinski definition) is 3. The van der Waals surface area contributed by atoms with Gasteiger partial charge in [0.1, 0.15) is 5.00 Å². The van der Waals surface area contributed by atoms with Gasteiger partial charge in [-0.3, -0.25) is 14.5 Å². The molecule has 1 aromatic heterocycles. The van der Waals surface area contributed by atoms with E-state index in [0.29, 0.717) is 22.0 Å². The normalized spacial score (nSPS) is 16.2. The molecule has 1 fully saturated rings. The molecule has 7 nitrogen and oxygen atoms in total. The third-order valence-electron chi connectivity index (χ3n) is 8.10. The molecule has 3 N–H and O–H groups in total. The third kappa shape index (κ3) is 6.69. The summed E-state index contributed by atoms with van der Waals surface area (Å²) in [5.74, 6) is -0.115. The molecule has 2 aliphatic rings. The number of carbonyl (C=O) groups is 2. The number of piperidine rings is 1. The quantitative estimate of drug-likeness (QED) is 0.253. The predicted octanol–water partition coefficient (Wildman–Crippen LogP) is 5.46. The Morgan fingerprint density at radius 3 is 2.62 bits per heavy atom. The van der Waals surface area contributed by atoms with Crippen molar-refractivity contribution >= 4 is 34.4 Å². The molecule has 0 saturated carbocycles. The van der Waals surface area contributed by atoms with Crippen LogP contribution >= 0.6 is 11.3 Å². The Morgan fingerprint density at radius 2 is 1.85 bits per heavy atom. The number of aryl methyl sites for hydroxylation is 3. The van der Waals surface area contributed by atoms with Crippen molar-refractivity contribution in [3.63, 3.8) is 0 Å². The molecular formula is C32H38N4O3S. The number of benzene rings is 2. The van der Waals surface area contributed by atoms with Crippen LogP contribution in [0, 0.1) is 19.8 Å². The second kappa shape index (κ2) is 12.9. The van der Waals surface area contributed by atoms with E-state index in [9.17, 15) is 14.7 Å². The standard InChI is InChI=1S/C32H38N4O3S/c1-21-10-11-24(16-22(21)2)18-33-35-31(39)29-27-8-3-4-9-28(27)40-32(29)34-30(38)26-7-5-6-25(17-26)19-36-14-12-23(20-37)13-15-36/h5-7,10-11,16-18,23,37H,3-4,8-9,12-15,19-20H2,1-2H3,(H,34,38)(H,35,39). The van der Waals surface area contributed by atoms with E-state index in [4.69, 9.17) is 0 Å². The molecule has 8 heteroatoms. The number of amides is 2. The minimum Gasteiger partial charge on any atom is -0.396 e. The van der Waals surface area contributed by atoms with Crippen molar-refractivity contribution in [3.8, 4) is 0 Å². The Kier molecular flexibility index (Phi) is 9.09. The number of likely N-dealkylation sites (tertiary alicyclic amines) is 1. The number of fused-ring (bicyclic) bond motifs is 1. The maximum atomic E-state index is 13.4. The van der Waals surface area contributed by atoms with Gasteiger partial charge in [0, 0.05) is 23.6 Å². The van der Waals surface area contributed by atoms with Crippen LogP contribution in [-0.2, 0) is 19.4 Å². The van der Waals surface area contributed by atoms with Crippen LogP contribution in [0.1, 0.15) is 79.1 Å². The summed E-state index contributed by atoms with van der Waals surface area (Å²) in [5, 5.41) is 17.3. The van der Waals surface area contributed by atoms with Gasteiger partial charge in [-0.2, -0.15) is 5.10 Å². The second-order valence-electron chi connectivity index (χ2n) is 11.0. The first kappa shape index (κ1) is 28.2. The number of aliphatic hydroxyl groups excluding tert-OH is 1. The molecule has 210 valence electrons. The van der Waals surface area contributed by atoms with Crippen LogP contribution in [0.25, 0.3) is 0 Å². The summed E-state index contributed by atoms with van der Waals surface area (Å²) in [6.45, 7) is 7.05. The van der Waals surface area contributed by atoms with Crippen LogP contribution in [0.15, 0.2) is 47.6 Å². The molecule has 2 aromatic carbocycles. The molecule has 0 radical (unpaired) electrons. The first-order chi connectivity index (χ1) is 19.4. The van der Waals surface area contributed by atoms with Crippen LogP contribution in [0.2, 0.25) is 0 Å². The second-order valence-corrected chi connectivity index (χ2v) is 12.1. The average Bonchev–Trinajstić information content (AvgIpc) is 3.33. The molecule has 5 rings (SSSR count). The van der Waals surface area contributed by atoms with Crippen molar-refractivity contribution in [2.24, 2.45) is 11.0 Å². The Morgan fingerprint density at radius 1 is 1.05 bits per heavy atom. The first-order valence-corrected chi connectivity index (χ1v) is 15.0. The zero-order chi connectivity index (χ0) is 28.1. The highest BCUT2D eigenvalue weighted by molar-refractivity contribution is 7.17. The molecule has 0 atom stereocenters. The lowest BCUT2D eigenvalue weighted by Crippen LogP contribution is -2.34. The molecule has 2 heterocycles. The van der Waals surface area contributed by atoms with E-state index < -0.39 is 0 Å². The Labute approximate surface area is 240 Å². The number of rotatable bonds is 8. The minimum absolute atomic E-state index is 0.216. The van der Waals surface area contributed by atoms with Gasteiger partial charge in [0.2, 0.25) is 0 Å². The van der Waals surface area contributed by atoms with Gasteiger partial charge in [0.15, 0.2) is 0 Å². The highest BCUT2D eigenvalue weighted by Crippen LogP contribution is 2.38. The topological polar surface area (TPSA) is 94.0 Å². The fourth-order valence-electron chi connectivity index (χ4n) is 5.53. The van der Waals surface area contributed by atoms with E-state index in [0.717, 1.165) is 74.8 Å². The summed E-state index contributed by atoms with van der Waals surface area (Å²) in [6, 6.07) is 13.8. The molecule has 3 aromatic rings. The monoisotopic (exact) mass is 558 g/mol. The van der Waals surface area contributed by atoms with E-state index in [1.165, 1.54) is 27.3 Å². The highest BCUT2D eigenvalue weighted by atomic mass is 32.1. The van der Waals surface area contributed by atoms with Crippen molar-refractivity contribution in [1.82, 2.24) is 10.3 Å². The lowest BCUT2D eigenvalue weighted by Gasteiger charge is -2.31. The van der Waals surface area contributed by atoms with E-state index >= 15 is 0 Å². The molecule has 0 unspecified atom stereocenters. The number of nitrogens with zero attached hydrogens (tertiary/aromatic N) is 2. The highest BCUT2D eigenvalue weighted by Gasteiger charge is 2.27. The number of nitrogens with one attached hydrogen (secondary N) is 2. The van der Waals surface area contributed by atoms with E-state index in [-0.39, 0.29) is 18.4 Å². The van der Waals surface area contributed by atoms with Crippen LogP contribution < -0.4 is 10.7 Å². The Bertz CT molecular complexity index is 1410. The van der Waals surface area contributed by atoms with Crippen LogP contribution in [0.5, 0.6) is 0 Å². The predicted molar refractivity (Wildman–Crippen MR) is 161 cm³/mol. The molecule has 1 aliphatic heterocycles. The maximum Gasteiger partial charge on any atom is 0.274 e. The minimum atomic E-state index is -0.296. The first-order valence-electron chi connectivity index (χ1n) is 14.2. The fraction of sp³-hybridized carbons (Fsp3) is 0.406. The smallest absolute Gasteiger partial charge is 0.274 e. The lowest BCUT2D eigenvalue weighted by molar-refractivity contribution is 0.0955. The maximum absolute atomic E-state index is 13.4. The van der Waals surface area contributed by atoms with Gasteiger partial charge in [-0.1, -0.05) is 30.3 Å². The number of hydrogen-bond acceptors (Lipinski definition) is 6. The molecular weight excluding hydrogens is 520 g/mol. The largest absolute Gasteiger partial charge is 0.396 e. The molecule has 1 aliphatic carbocycles.